The molecule has 1 saturated heterocycles. The maximum Gasteiger partial charge on any atom is 0.353 e. The third-order valence-electron chi connectivity index (χ3n) is 5.51. The van der Waals surface area contributed by atoms with E-state index >= 15 is 0 Å². The Balaban J connectivity index is 1.31. The highest BCUT2D eigenvalue weighted by Crippen LogP contribution is 2.44. The molecule has 0 radical (unpaired) electrons. The molecule has 2 aromatic heterocycles. The highest BCUT2D eigenvalue weighted by Gasteiger charge is 2.54. The smallest absolute Gasteiger partial charge is 0.353 e. The fourth-order valence-corrected chi connectivity index (χ4v) is 6.23. The molecule has 0 bridgehead atoms. The summed E-state index contributed by atoms with van der Waals surface area (Å²) in [6.45, 7) is 0. The molecule has 2 atom stereocenters. The van der Waals surface area contributed by atoms with Crippen LogP contribution >= 0.6 is 23.5 Å². The second-order valence-corrected chi connectivity index (χ2v) is 9.85. The molecular formula is C21H19N7O5S2. The Labute approximate surface area is 206 Å². The molecule has 2 amide bonds. The number of nitrogens with one attached hydrogen (secondary N) is 2. The monoisotopic (exact) mass is 513 g/mol. The summed E-state index contributed by atoms with van der Waals surface area (Å²) in [5.74, 6) is -0.862. The van der Waals surface area contributed by atoms with Crippen LogP contribution in [0.25, 0.3) is 11.0 Å². The number of benzene rings is 1. The minimum atomic E-state index is -1.25. The summed E-state index contributed by atoms with van der Waals surface area (Å²) < 4.78 is 5.11. The number of ether oxygens (including phenoxy) is 1. The molecule has 5 N–H and O–H groups in total. The van der Waals surface area contributed by atoms with Crippen molar-refractivity contribution in [2.45, 2.75) is 23.0 Å². The van der Waals surface area contributed by atoms with E-state index in [4.69, 9.17) is 10.5 Å². The molecule has 1 fully saturated rings. The SMILES string of the molecule is COc1ccc(CC(=O)NC2C(=O)N3C(C(=O)O)=C(Sc4nc(N)c5cn[nH]c5n4)CS[C@H]23)cc1. The molecule has 0 spiro atoms. The number of fused-ring (bicyclic) bond motifs is 2. The first-order valence-electron chi connectivity index (χ1n) is 10.3. The van der Waals surface area contributed by atoms with E-state index in [-0.39, 0.29) is 29.0 Å². The van der Waals surface area contributed by atoms with Crippen molar-refractivity contribution in [3.8, 4) is 5.75 Å². The fraction of sp³-hybridized carbons (Fsp3) is 0.238. The topological polar surface area (TPSA) is 176 Å². The largest absolute Gasteiger partial charge is 0.497 e. The van der Waals surface area contributed by atoms with E-state index in [1.165, 1.54) is 22.9 Å². The zero-order chi connectivity index (χ0) is 24.7. The van der Waals surface area contributed by atoms with Gasteiger partial charge in [-0.05, 0) is 17.7 Å². The number of anilines is 1. The predicted octanol–water partition coefficient (Wildman–Crippen LogP) is 0.975. The first-order chi connectivity index (χ1) is 16.9. The number of carboxylic acid groups (broad SMARTS) is 1. The van der Waals surface area contributed by atoms with E-state index in [1.54, 1.807) is 31.4 Å². The number of nitrogens with two attached hydrogens (primary N) is 1. The standard InChI is InChI=1S/C21H19N7O5S2/c1-33-10-4-2-9(3-5-10)6-13(29)24-14-18(30)28-15(20(31)32)12(8-34-19(14)28)35-21-25-16(22)11-7-23-27-17(11)26-21/h2-5,7,14,19H,6,8H2,1H3,(H,24,29)(H,31,32)(H3,22,23,25,26,27)/t14?,19-/m1/s1. The number of H-pyrrole nitrogens is 1. The molecule has 12 nitrogen and oxygen atoms in total. The van der Waals surface area contributed by atoms with Crippen molar-refractivity contribution in [2.24, 2.45) is 0 Å². The van der Waals surface area contributed by atoms with E-state index < -0.39 is 23.3 Å². The van der Waals surface area contributed by atoms with Crippen LogP contribution in [-0.4, -0.2) is 72.2 Å². The number of carbonyl (C=O) groups is 3. The number of carbonyl (C=O) groups excluding carboxylic acids is 2. The van der Waals surface area contributed by atoms with Crippen LogP contribution in [-0.2, 0) is 20.8 Å². The van der Waals surface area contributed by atoms with Crippen LogP contribution in [0, 0.1) is 0 Å². The van der Waals surface area contributed by atoms with Gasteiger partial charge in [0, 0.05) is 10.7 Å². The molecule has 5 rings (SSSR count). The maximum atomic E-state index is 12.9. The maximum absolute atomic E-state index is 12.9. The van der Waals surface area contributed by atoms with Crippen LogP contribution in [0.3, 0.4) is 0 Å². The van der Waals surface area contributed by atoms with Crippen LogP contribution in [0.5, 0.6) is 5.75 Å². The summed E-state index contributed by atoms with van der Waals surface area (Å²) >= 11 is 2.39. The zero-order valence-corrected chi connectivity index (χ0v) is 19.9. The minimum absolute atomic E-state index is 0.0860. The van der Waals surface area contributed by atoms with Gasteiger partial charge in [0.05, 0.1) is 25.1 Å². The van der Waals surface area contributed by atoms with Crippen molar-refractivity contribution in [1.82, 2.24) is 30.4 Å². The summed E-state index contributed by atoms with van der Waals surface area (Å²) in [5.41, 5.74) is 7.00. The molecule has 1 unspecified atom stereocenters. The third-order valence-corrected chi connectivity index (χ3v) is 7.92. The second-order valence-electron chi connectivity index (χ2n) is 7.68. The van der Waals surface area contributed by atoms with Crippen molar-refractivity contribution in [2.75, 3.05) is 18.6 Å². The number of nitrogen functional groups attached to an aromatic ring is 1. The number of nitrogens with zero attached hydrogens (tertiary/aromatic N) is 4. The first-order valence-corrected chi connectivity index (χ1v) is 12.2. The van der Waals surface area contributed by atoms with Gasteiger partial charge in [-0.25, -0.2) is 14.8 Å². The van der Waals surface area contributed by atoms with Crippen LogP contribution in [0.15, 0.2) is 46.2 Å². The first kappa shape index (κ1) is 23.0. The van der Waals surface area contributed by atoms with Gasteiger partial charge in [0.1, 0.15) is 28.7 Å². The third kappa shape index (κ3) is 4.25. The Morgan fingerprint density at radius 1 is 1.34 bits per heavy atom. The number of hydrogen-bond donors (Lipinski definition) is 4. The van der Waals surface area contributed by atoms with Crippen LogP contribution < -0.4 is 15.8 Å². The highest BCUT2D eigenvalue weighted by molar-refractivity contribution is 8.06. The van der Waals surface area contributed by atoms with Crippen molar-refractivity contribution >= 4 is 58.2 Å². The number of hydrogen-bond acceptors (Lipinski definition) is 10. The lowest BCUT2D eigenvalue weighted by atomic mass is 10.0. The molecule has 0 saturated carbocycles. The highest BCUT2D eigenvalue weighted by atomic mass is 32.2. The van der Waals surface area contributed by atoms with Crippen LogP contribution in [0.1, 0.15) is 5.56 Å². The summed E-state index contributed by atoms with van der Waals surface area (Å²) in [5, 5.41) is 19.5. The number of amides is 2. The van der Waals surface area contributed by atoms with Gasteiger partial charge in [-0.3, -0.25) is 19.6 Å². The van der Waals surface area contributed by atoms with Gasteiger partial charge in [0.2, 0.25) is 5.91 Å². The fourth-order valence-electron chi connectivity index (χ4n) is 3.81. The molecule has 1 aromatic carbocycles. The normalized spacial score (nSPS) is 19.3. The molecule has 2 aliphatic heterocycles. The number of β-lactam (4-membered cyclic amide) rings is 1. The van der Waals surface area contributed by atoms with E-state index in [1.807, 2.05) is 0 Å². The lowest BCUT2D eigenvalue weighted by Gasteiger charge is -2.49. The van der Waals surface area contributed by atoms with Crippen LogP contribution in [0.4, 0.5) is 5.82 Å². The lowest BCUT2D eigenvalue weighted by Crippen LogP contribution is -2.70. The number of thioether (sulfide) groups is 2. The summed E-state index contributed by atoms with van der Waals surface area (Å²) in [6, 6.07) is 6.24. The van der Waals surface area contributed by atoms with E-state index in [2.05, 4.69) is 25.5 Å². The van der Waals surface area contributed by atoms with Crippen molar-refractivity contribution in [3.63, 3.8) is 0 Å². The second kappa shape index (κ2) is 9.11. The van der Waals surface area contributed by atoms with Gasteiger partial charge < -0.3 is 20.9 Å². The van der Waals surface area contributed by atoms with Gasteiger partial charge >= 0.3 is 5.97 Å². The zero-order valence-electron chi connectivity index (χ0n) is 18.2. The average Bonchev–Trinajstić information content (AvgIpc) is 3.32. The molecule has 180 valence electrons. The Kier molecular flexibility index (Phi) is 5.98. The molecule has 3 aromatic rings. The Morgan fingerprint density at radius 3 is 2.83 bits per heavy atom. The van der Waals surface area contributed by atoms with Gasteiger partial charge in [-0.15, -0.1) is 11.8 Å². The summed E-state index contributed by atoms with van der Waals surface area (Å²) in [4.78, 5) is 47.7. The molecular weight excluding hydrogens is 494 g/mol. The molecule has 4 heterocycles. The predicted molar refractivity (Wildman–Crippen MR) is 128 cm³/mol. The van der Waals surface area contributed by atoms with E-state index in [9.17, 15) is 19.5 Å². The van der Waals surface area contributed by atoms with E-state index in [0.29, 0.717) is 27.4 Å². The number of rotatable bonds is 7. The van der Waals surface area contributed by atoms with Crippen molar-refractivity contribution < 1.29 is 24.2 Å². The van der Waals surface area contributed by atoms with Crippen molar-refractivity contribution in [1.29, 1.82) is 0 Å². The molecule has 35 heavy (non-hydrogen) atoms. The number of aromatic nitrogens is 4. The number of methoxy groups -OCH3 is 1. The lowest BCUT2D eigenvalue weighted by molar-refractivity contribution is -0.150. The van der Waals surface area contributed by atoms with Crippen molar-refractivity contribution in [3.05, 3.63) is 46.6 Å². The van der Waals surface area contributed by atoms with Crippen LogP contribution in [0.2, 0.25) is 0 Å². The molecule has 0 aliphatic carbocycles. The molecule has 2 aliphatic rings. The summed E-state index contributed by atoms with van der Waals surface area (Å²) in [7, 11) is 1.56. The van der Waals surface area contributed by atoms with Gasteiger partial charge in [0.25, 0.3) is 5.91 Å². The molecule has 14 heteroatoms. The quantitative estimate of drug-likeness (QED) is 0.261. The van der Waals surface area contributed by atoms with Gasteiger partial charge in [-0.2, -0.15) is 5.10 Å². The average molecular weight is 514 g/mol. The van der Waals surface area contributed by atoms with Gasteiger partial charge in [-0.1, -0.05) is 23.9 Å². The Morgan fingerprint density at radius 2 is 2.11 bits per heavy atom. The minimum Gasteiger partial charge on any atom is -0.497 e. The Bertz CT molecular complexity index is 1370. The van der Waals surface area contributed by atoms with Gasteiger partial charge in [0.15, 0.2) is 10.8 Å². The number of carboxylic acids is 1. The Hall–Kier alpha value is -3.78. The number of aliphatic carboxylic acids is 1. The van der Waals surface area contributed by atoms with E-state index in [0.717, 1.165) is 17.3 Å². The number of aromatic amines is 1. The summed E-state index contributed by atoms with van der Waals surface area (Å²) in [6.07, 6.45) is 1.59.